The standard InChI is InChI=1S/C12H13Cl2N3/c1-2-15-6-9-5-10(13)3-4-12(9)17-8-11(14)7-16-17/h3-5,7-8,15H,2,6H2,1H3. The Morgan fingerprint density at radius 1 is 1.29 bits per heavy atom. The highest BCUT2D eigenvalue weighted by Crippen LogP contribution is 2.20. The van der Waals surface area contributed by atoms with Gasteiger partial charge in [0.2, 0.25) is 0 Å². The molecule has 1 N–H and O–H groups in total. The Hall–Kier alpha value is -1.03. The number of rotatable bonds is 4. The first-order valence-electron chi connectivity index (χ1n) is 5.40. The van der Waals surface area contributed by atoms with Crippen LogP contribution in [0.15, 0.2) is 30.6 Å². The molecule has 0 fully saturated rings. The van der Waals surface area contributed by atoms with Crippen molar-refractivity contribution in [3.05, 3.63) is 46.2 Å². The fourth-order valence-electron chi connectivity index (χ4n) is 1.61. The van der Waals surface area contributed by atoms with E-state index in [2.05, 4.69) is 17.3 Å². The van der Waals surface area contributed by atoms with Crippen LogP contribution in [0.4, 0.5) is 0 Å². The van der Waals surface area contributed by atoms with Gasteiger partial charge in [-0.2, -0.15) is 5.10 Å². The Morgan fingerprint density at radius 3 is 2.76 bits per heavy atom. The number of hydrogen-bond donors (Lipinski definition) is 1. The van der Waals surface area contributed by atoms with Crippen LogP contribution in [0.2, 0.25) is 10.0 Å². The molecular formula is C12H13Cl2N3. The largest absolute Gasteiger partial charge is 0.313 e. The van der Waals surface area contributed by atoms with Gasteiger partial charge in [0.1, 0.15) is 0 Å². The summed E-state index contributed by atoms with van der Waals surface area (Å²) in [5.74, 6) is 0. The van der Waals surface area contributed by atoms with Crippen molar-refractivity contribution in [2.45, 2.75) is 13.5 Å². The van der Waals surface area contributed by atoms with Gasteiger partial charge in [-0.1, -0.05) is 30.1 Å². The Balaban J connectivity index is 2.38. The highest BCUT2D eigenvalue weighted by molar-refractivity contribution is 6.30. The van der Waals surface area contributed by atoms with E-state index in [1.165, 1.54) is 0 Å². The number of nitrogens with zero attached hydrogens (tertiary/aromatic N) is 2. The topological polar surface area (TPSA) is 29.9 Å². The highest BCUT2D eigenvalue weighted by atomic mass is 35.5. The van der Waals surface area contributed by atoms with E-state index in [9.17, 15) is 0 Å². The van der Waals surface area contributed by atoms with E-state index in [0.29, 0.717) is 5.02 Å². The molecule has 0 bridgehead atoms. The van der Waals surface area contributed by atoms with Crippen molar-refractivity contribution in [3.8, 4) is 5.69 Å². The molecule has 0 aliphatic carbocycles. The predicted octanol–water partition coefficient (Wildman–Crippen LogP) is 3.29. The minimum Gasteiger partial charge on any atom is -0.313 e. The Bertz CT molecular complexity index is 508. The molecule has 0 aliphatic rings. The van der Waals surface area contributed by atoms with Crippen LogP contribution in [0, 0.1) is 0 Å². The zero-order valence-corrected chi connectivity index (χ0v) is 11.0. The Morgan fingerprint density at radius 2 is 2.12 bits per heavy atom. The molecule has 17 heavy (non-hydrogen) atoms. The first-order chi connectivity index (χ1) is 8.20. The van der Waals surface area contributed by atoms with Crippen LogP contribution in [0.5, 0.6) is 0 Å². The molecular weight excluding hydrogens is 257 g/mol. The summed E-state index contributed by atoms with van der Waals surface area (Å²) < 4.78 is 1.76. The number of hydrogen-bond acceptors (Lipinski definition) is 2. The molecule has 0 saturated carbocycles. The predicted molar refractivity (Wildman–Crippen MR) is 71.0 cm³/mol. The van der Waals surface area contributed by atoms with Crippen LogP contribution < -0.4 is 5.32 Å². The molecule has 1 heterocycles. The molecule has 1 aromatic carbocycles. The van der Waals surface area contributed by atoms with Crippen molar-refractivity contribution in [2.24, 2.45) is 0 Å². The Kier molecular flexibility index (Phi) is 4.05. The third-order valence-corrected chi connectivity index (χ3v) is 2.84. The summed E-state index contributed by atoms with van der Waals surface area (Å²) in [5, 5.41) is 8.82. The van der Waals surface area contributed by atoms with Crippen LogP contribution >= 0.6 is 23.2 Å². The van der Waals surface area contributed by atoms with Crippen LogP contribution in [0.3, 0.4) is 0 Å². The van der Waals surface area contributed by atoms with Gasteiger partial charge >= 0.3 is 0 Å². The van der Waals surface area contributed by atoms with Gasteiger partial charge in [-0.25, -0.2) is 4.68 Å². The smallest absolute Gasteiger partial charge is 0.0790 e. The minimum absolute atomic E-state index is 0.620. The number of aromatic nitrogens is 2. The van der Waals surface area contributed by atoms with Gasteiger partial charge in [-0.15, -0.1) is 0 Å². The maximum absolute atomic E-state index is 6.00. The van der Waals surface area contributed by atoms with Crippen molar-refractivity contribution >= 4 is 23.2 Å². The van der Waals surface area contributed by atoms with Gasteiger partial charge in [0, 0.05) is 17.8 Å². The molecule has 0 atom stereocenters. The molecule has 0 amide bonds. The van der Waals surface area contributed by atoms with E-state index in [1.807, 2.05) is 18.2 Å². The molecule has 2 aromatic rings. The van der Waals surface area contributed by atoms with Crippen molar-refractivity contribution in [3.63, 3.8) is 0 Å². The van der Waals surface area contributed by atoms with Crippen LogP contribution in [0.1, 0.15) is 12.5 Å². The van der Waals surface area contributed by atoms with Gasteiger partial charge in [0.15, 0.2) is 0 Å². The van der Waals surface area contributed by atoms with E-state index >= 15 is 0 Å². The number of halogens is 2. The molecule has 5 heteroatoms. The summed E-state index contributed by atoms with van der Waals surface area (Å²) in [4.78, 5) is 0. The normalized spacial score (nSPS) is 10.8. The second-order valence-corrected chi connectivity index (χ2v) is 4.53. The molecule has 2 rings (SSSR count). The van der Waals surface area contributed by atoms with Gasteiger partial charge in [-0.3, -0.25) is 0 Å². The maximum Gasteiger partial charge on any atom is 0.0790 e. The molecule has 90 valence electrons. The maximum atomic E-state index is 6.00. The van der Waals surface area contributed by atoms with Gasteiger partial charge < -0.3 is 5.32 Å². The lowest BCUT2D eigenvalue weighted by atomic mass is 10.2. The van der Waals surface area contributed by atoms with Crippen molar-refractivity contribution < 1.29 is 0 Å². The lowest BCUT2D eigenvalue weighted by Crippen LogP contribution is -2.14. The molecule has 0 unspecified atom stereocenters. The SMILES string of the molecule is CCNCc1cc(Cl)ccc1-n1cc(Cl)cn1. The molecule has 0 aliphatic heterocycles. The second kappa shape index (κ2) is 5.54. The fourth-order valence-corrected chi connectivity index (χ4v) is 1.94. The van der Waals surface area contributed by atoms with Crippen molar-refractivity contribution in [1.29, 1.82) is 0 Å². The Labute approximate surface area is 110 Å². The summed E-state index contributed by atoms with van der Waals surface area (Å²) in [6.45, 7) is 3.73. The first kappa shape index (κ1) is 12.4. The molecule has 1 aromatic heterocycles. The quantitative estimate of drug-likeness (QED) is 0.923. The van der Waals surface area contributed by atoms with E-state index in [-0.39, 0.29) is 0 Å². The summed E-state index contributed by atoms with van der Waals surface area (Å²) in [6.07, 6.45) is 3.40. The summed E-state index contributed by atoms with van der Waals surface area (Å²) in [6, 6.07) is 5.73. The summed E-state index contributed by atoms with van der Waals surface area (Å²) in [5.41, 5.74) is 2.08. The zero-order valence-electron chi connectivity index (χ0n) is 9.45. The number of nitrogens with one attached hydrogen (secondary N) is 1. The minimum atomic E-state index is 0.620. The average Bonchev–Trinajstić information content (AvgIpc) is 2.73. The lowest BCUT2D eigenvalue weighted by molar-refractivity contribution is 0.717. The van der Waals surface area contributed by atoms with Crippen molar-refractivity contribution in [2.75, 3.05) is 6.54 Å². The third kappa shape index (κ3) is 3.00. The summed E-state index contributed by atoms with van der Waals surface area (Å²) >= 11 is 11.9. The van der Waals surface area contributed by atoms with E-state index in [0.717, 1.165) is 29.4 Å². The average molecular weight is 270 g/mol. The van der Waals surface area contributed by atoms with Crippen LogP contribution in [-0.2, 0) is 6.54 Å². The number of benzene rings is 1. The van der Waals surface area contributed by atoms with Gasteiger partial charge in [0.25, 0.3) is 0 Å². The molecule has 0 spiro atoms. The zero-order chi connectivity index (χ0) is 12.3. The van der Waals surface area contributed by atoms with E-state index < -0.39 is 0 Å². The second-order valence-electron chi connectivity index (χ2n) is 3.66. The van der Waals surface area contributed by atoms with Gasteiger partial charge in [0.05, 0.1) is 16.9 Å². The van der Waals surface area contributed by atoms with Crippen LogP contribution in [-0.4, -0.2) is 16.3 Å². The molecule has 0 radical (unpaired) electrons. The van der Waals surface area contributed by atoms with E-state index in [1.54, 1.807) is 17.1 Å². The summed E-state index contributed by atoms with van der Waals surface area (Å²) in [7, 11) is 0. The third-order valence-electron chi connectivity index (χ3n) is 2.40. The molecule has 0 saturated heterocycles. The lowest BCUT2D eigenvalue weighted by Gasteiger charge is -2.10. The fraction of sp³-hybridized carbons (Fsp3) is 0.250. The first-order valence-corrected chi connectivity index (χ1v) is 6.16. The van der Waals surface area contributed by atoms with E-state index in [4.69, 9.17) is 23.2 Å². The van der Waals surface area contributed by atoms with Gasteiger partial charge in [-0.05, 0) is 30.3 Å². The van der Waals surface area contributed by atoms with Crippen molar-refractivity contribution in [1.82, 2.24) is 15.1 Å². The highest BCUT2D eigenvalue weighted by Gasteiger charge is 2.06. The van der Waals surface area contributed by atoms with Crippen LogP contribution in [0.25, 0.3) is 5.69 Å². The monoisotopic (exact) mass is 269 g/mol. The molecule has 3 nitrogen and oxygen atoms in total.